The fraction of sp³-hybridized carbons (Fsp3) is 0.438. The summed E-state index contributed by atoms with van der Waals surface area (Å²) in [5, 5.41) is 0.0759. The van der Waals surface area contributed by atoms with E-state index in [2.05, 4.69) is 0 Å². The Hall–Kier alpha value is -2.01. The number of benzene rings is 1. The van der Waals surface area contributed by atoms with Gasteiger partial charge < -0.3 is 19.9 Å². The third-order valence-corrected chi connectivity index (χ3v) is 2.91. The average molecular weight is 301 g/mol. The first-order chi connectivity index (χ1) is 15.8. The van der Waals surface area contributed by atoms with Crippen LogP contribution < -0.4 is 5.31 Å². The Morgan fingerprint density at radius 1 is 1.62 bits per heavy atom. The van der Waals surface area contributed by atoms with Crippen LogP contribution >= 0.6 is 0 Å². The van der Waals surface area contributed by atoms with Gasteiger partial charge in [0.2, 0.25) is 0 Å². The number of aromatic nitrogens is 1. The van der Waals surface area contributed by atoms with Crippen molar-refractivity contribution in [2.24, 2.45) is 0 Å². The van der Waals surface area contributed by atoms with E-state index in [1.165, 1.54) is 0 Å². The molecule has 1 saturated heterocycles. The van der Waals surface area contributed by atoms with Crippen molar-refractivity contribution < 1.29 is 28.8 Å². The quantitative estimate of drug-likeness (QED) is 0.887. The van der Waals surface area contributed by atoms with Crippen LogP contribution in [0.1, 0.15) is 27.6 Å². The van der Waals surface area contributed by atoms with Gasteiger partial charge in [-0.25, -0.2) is 4.79 Å². The van der Waals surface area contributed by atoms with E-state index in [4.69, 9.17) is 24.0 Å². The summed E-state index contributed by atoms with van der Waals surface area (Å²) in [6.45, 7) is -7.95. The summed E-state index contributed by atoms with van der Waals surface area (Å²) in [6, 6.07) is -2.62. The smallest absolute Gasteiger partial charge is 0.407 e. The van der Waals surface area contributed by atoms with Gasteiger partial charge in [0.25, 0.3) is 0 Å². The molecule has 0 spiro atoms. The van der Waals surface area contributed by atoms with E-state index in [9.17, 15) is 4.79 Å². The molecule has 5 nitrogen and oxygen atoms in total. The number of nitrogens with zero attached hydrogens (tertiary/aromatic N) is 1. The monoisotopic (exact) mass is 301 g/mol. The zero-order chi connectivity index (χ0) is 26.8. The third kappa shape index (κ3) is 3.19. The van der Waals surface area contributed by atoms with Gasteiger partial charge in [-0.05, 0) is 50.0 Å². The second kappa shape index (κ2) is 5.77. The average Bonchev–Trinajstić information content (AvgIpc) is 3.17. The summed E-state index contributed by atoms with van der Waals surface area (Å²) >= 11 is 0. The molecule has 2 heterocycles. The predicted octanol–water partition coefficient (Wildman–Crippen LogP) is 1.92. The molecule has 112 valence electrons. The lowest BCUT2D eigenvalue weighted by atomic mass is 10.0. The molecule has 1 aliphatic heterocycles. The lowest BCUT2D eigenvalue weighted by molar-refractivity contribution is 0.177. The Morgan fingerprint density at radius 2 is 2.52 bits per heavy atom. The number of fused-ring (bicyclic) bond motifs is 1. The van der Waals surface area contributed by atoms with Crippen molar-refractivity contribution >= 4 is 17.0 Å². The summed E-state index contributed by atoms with van der Waals surface area (Å²) in [7, 11) is 0. The maximum absolute atomic E-state index is 11.5. The molecule has 21 heavy (non-hydrogen) atoms. The third-order valence-electron chi connectivity index (χ3n) is 2.91. The summed E-state index contributed by atoms with van der Waals surface area (Å²) in [6.07, 6.45) is -4.97. The van der Waals surface area contributed by atoms with Crippen molar-refractivity contribution in [2.45, 2.75) is 18.8 Å². The topological polar surface area (TPSA) is 57.4 Å². The summed E-state index contributed by atoms with van der Waals surface area (Å²) < 4.78 is 116. The van der Waals surface area contributed by atoms with Crippen LogP contribution in [-0.2, 0) is 17.5 Å². The van der Waals surface area contributed by atoms with Crippen LogP contribution in [0.5, 0.6) is 0 Å². The first kappa shape index (κ1) is 5.02. The predicted molar refractivity (Wildman–Crippen MR) is 82.5 cm³/mol. The number of aromatic amines is 1. The van der Waals surface area contributed by atoms with Crippen LogP contribution in [0.2, 0.25) is 2.82 Å². The molecule has 1 aromatic heterocycles. The largest absolute Gasteiger partial charge is 0.447 e. The molecule has 0 bridgehead atoms. The van der Waals surface area contributed by atoms with E-state index in [1.54, 1.807) is 0 Å². The first-order valence-electron chi connectivity index (χ1n) is 13.1. The van der Waals surface area contributed by atoms with Gasteiger partial charge in [0.15, 0.2) is 2.82 Å². The first-order valence-corrected chi connectivity index (χ1v) is 6.16. The molecule has 2 N–H and O–H groups in total. The molecule has 0 unspecified atom stereocenters. The molecule has 0 saturated carbocycles. The highest BCUT2D eigenvalue weighted by molar-refractivity contribution is 5.84. The molecule has 3 rings (SSSR count). The lowest BCUT2D eigenvalue weighted by Gasteiger charge is -2.09. The molecule has 1 atom stereocenters. The SMILES string of the molecule is [2H]c1c(C[C@H]2COC(=O)N2[2H])c([2H])c2c(C([2H])([2H])CN(C([2H])([2H])[2H])C([2H])([2H])[2H])c([2H])n([2H])c2c1[2H]. The number of alkyl carbamates (subject to hydrolysis) is 1. The standard InChI is InChI=1S/C16H21N3O2/c1-19(2)6-5-12-9-17-15-4-3-11(8-14(12)15)7-13-10-21-16(20)18-13/h3-4,8-9,13,17H,5-7,10H2,1-2H3,(H,18,20)/t13-/m0/s1/i1D3,2D3,3D,4D,5D2,8D,9D/hD2. The van der Waals surface area contributed by atoms with Gasteiger partial charge in [-0.1, -0.05) is 6.04 Å². The molecule has 1 aliphatic rings. The maximum atomic E-state index is 11.5. The number of cyclic esters (lactones) is 1. The molecule has 5 heteroatoms. The van der Waals surface area contributed by atoms with Gasteiger partial charge in [0.1, 0.15) is 6.61 Å². The highest BCUT2D eigenvalue weighted by atomic mass is 16.6. The van der Waals surface area contributed by atoms with Crippen LogP contribution in [-0.4, -0.2) is 49.1 Å². The summed E-state index contributed by atoms with van der Waals surface area (Å²) in [4.78, 5) is 11.8. The number of carbonyl (C=O) groups excluding carboxylic acids is 1. The van der Waals surface area contributed by atoms with Crippen molar-refractivity contribution in [2.75, 3.05) is 27.1 Å². The van der Waals surface area contributed by atoms with Crippen molar-refractivity contribution in [1.29, 1.82) is 0 Å². The van der Waals surface area contributed by atoms with Crippen LogP contribution in [0.3, 0.4) is 0 Å². The molecule has 0 aliphatic carbocycles. The van der Waals surface area contributed by atoms with Gasteiger partial charge in [-0.3, -0.25) is 0 Å². The highest BCUT2D eigenvalue weighted by Crippen LogP contribution is 2.21. The van der Waals surface area contributed by atoms with Gasteiger partial charge in [-0.2, -0.15) is 0 Å². The number of rotatable bonds is 5. The van der Waals surface area contributed by atoms with E-state index in [0.29, 0.717) is 10.3 Å². The second-order valence-corrected chi connectivity index (χ2v) is 4.50. The van der Waals surface area contributed by atoms with Gasteiger partial charge in [0, 0.05) is 34.6 Å². The number of ether oxygens (including phenoxy) is 1. The minimum atomic E-state index is -3.24. The van der Waals surface area contributed by atoms with Crippen LogP contribution in [0.15, 0.2) is 24.3 Å². The Bertz CT molecular complexity index is 1160. The zero-order valence-corrected chi connectivity index (χ0v) is 10.9. The summed E-state index contributed by atoms with van der Waals surface area (Å²) in [5.41, 5.74) is -1.31. The minimum absolute atomic E-state index is 0.0446. The van der Waals surface area contributed by atoms with E-state index < -0.39 is 79.8 Å². The molecule has 1 fully saturated rings. The minimum Gasteiger partial charge on any atom is -0.447 e. The van der Waals surface area contributed by atoms with Crippen molar-refractivity contribution in [3.63, 3.8) is 0 Å². The van der Waals surface area contributed by atoms with Crippen LogP contribution in [0.4, 0.5) is 4.79 Å². The molecular weight excluding hydrogens is 266 g/mol. The van der Waals surface area contributed by atoms with Crippen LogP contribution in [0, 0.1) is 0 Å². The van der Waals surface area contributed by atoms with Crippen molar-refractivity contribution in [1.82, 2.24) is 15.2 Å². The van der Waals surface area contributed by atoms with Crippen LogP contribution in [0.25, 0.3) is 10.9 Å². The Kier molecular flexibility index (Phi) is 1.38. The normalized spacial score (nSPS) is 30.2. The van der Waals surface area contributed by atoms with Gasteiger partial charge in [0.05, 0.1) is 11.5 Å². The number of H-pyrrole nitrogens is 1. The number of carbonyl (C=O) groups is 1. The number of nitrogens with one attached hydrogen (secondary N) is 2. The van der Waals surface area contributed by atoms with Gasteiger partial charge in [-0.15, -0.1) is 0 Å². The number of amides is 1. The fourth-order valence-electron chi connectivity index (χ4n) is 1.99. The number of likely N-dealkylation sites (N-methyl/N-ethyl adjacent to an activating group) is 1. The fourth-order valence-corrected chi connectivity index (χ4v) is 1.99. The van der Waals surface area contributed by atoms with E-state index >= 15 is 0 Å². The zero-order valence-electron chi connectivity index (χ0n) is 24.9. The van der Waals surface area contributed by atoms with Gasteiger partial charge >= 0.3 is 6.09 Å². The maximum Gasteiger partial charge on any atom is 0.407 e. The van der Waals surface area contributed by atoms with E-state index in [1.807, 2.05) is 0 Å². The second-order valence-electron chi connectivity index (χ2n) is 4.50. The molecular formula is C16H21N3O2. The number of hydrogen-bond acceptors (Lipinski definition) is 3. The molecule has 0 radical (unpaired) electrons. The Balaban J connectivity index is 2.24. The Morgan fingerprint density at radius 3 is 3.29 bits per heavy atom. The van der Waals surface area contributed by atoms with Crippen molar-refractivity contribution in [3.05, 3.63) is 35.4 Å². The highest BCUT2D eigenvalue weighted by Gasteiger charge is 2.22. The molecule has 1 aromatic carbocycles. The Labute approximate surface area is 144 Å². The lowest BCUT2D eigenvalue weighted by Crippen LogP contribution is -2.28. The summed E-state index contributed by atoms with van der Waals surface area (Å²) in [5.74, 6) is 0. The van der Waals surface area contributed by atoms with E-state index in [-0.39, 0.29) is 23.5 Å². The molecule has 2 aromatic rings. The van der Waals surface area contributed by atoms with Crippen molar-refractivity contribution in [3.8, 4) is 0 Å². The van der Waals surface area contributed by atoms with E-state index in [0.717, 1.165) is 0 Å². The molecule has 1 amide bonds. The number of hydrogen-bond donors (Lipinski definition) is 2.